The molecule has 0 N–H and O–H groups in total. The van der Waals surface area contributed by atoms with Crippen molar-refractivity contribution in [2.75, 3.05) is 19.9 Å². The fourth-order valence-corrected chi connectivity index (χ4v) is 2.80. The number of rotatable bonds is 3. The van der Waals surface area contributed by atoms with Crippen molar-refractivity contribution < 1.29 is 19.2 Å². The number of carbonyl (C=O) groups excluding carboxylic acids is 1. The lowest BCUT2D eigenvalue weighted by atomic mass is 10.1. The average molecular weight is 318 g/mol. The summed E-state index contributed by atoms with van der Waals surface area (Å²) in [5, 5.41) is 11.2. The molecule has 2 aliphatic rings. The standard InChI is InChI=1S/C16H18N2O5/c19-16(17-7-3-1-2-4-8-17)6-5-12-9-14-15(23-11-22-14)10-13(12)18(20)21/h5-6,9-10H,1-4,7-8,11H2/b6-5+. The molecular weight excluding hydrogens is 300 g/mol. The molecule has 1 saturated heterocycles. The number of carbonyl (C=O) groups is 1. The Kier molecular flexibility index (Phi) is 4.45. The van der Waals surface area contributed by atoms with Crippen LogP contribution in [0.15, 0.2) is 18.2 Å². The van der Waals surface area contributed by atoms with E-state index in [2.05, 4.69) is 0 Å². The van der Waals surface area contributed by atoms with E-state index < -0.39 is 4.92 Å². The van der Waals surface area contributed by atoms with Gasteiger partial charge in [0, 0.05) is 19.2 Å². The van der Waals surface area contributed by atoms with Gasteiger partial charge in [-0.1, -0.05) is 12.8 Å². The van der Waals surface area contributed by atoms with Gasteiger partial charge in [-0.25, -0.2) is 0 Å². The topological polar surface area (TPSA) is 81.9 Å². The molecular formula is C16H18N2O5. The Hall–Kier alpha value is -2.57. The van der Waals surface area contributed by atoms with Gasteiger partial charge in [-0.15, -0.1) is 0 Å². The number of likely N-dealkylation sites (tertiary alicyclic amines) is 1. The van der Waals surface area contributed by atoms with Gasteiger partial charge in [0.2, 0.25) is 12.7 Å². The summed E-state index contributed by atoms with van der Waals surface area (Å²) >= 11 is 0. The summed E-state index contributed by atoms with van der Waals surface area (Å²) in [6, 6.07) is 2.87. The third kappa shape index (κ3) is 3.44. The fourth-order valence-electron chi connectivity index (χ4n) is 2.80. The Morgan fingerprint density at radius 3 is 2.43 bits per heavy atom. The molecule has 3 rings (SSSR count). The molecule has 122 valence electrons. The van der Waals surface area contributed by atoms with Crippen molar-refractivity contribution in [1.29, 1.82) is 0 Å². The number of nitrogens with zero attached hydrogens (tertiary/aromatic N) is 2. The molecule has 1 aromatic carbocycles. The highest BCUT2D eigenvalue weighted by molar-refractivity contribution is 5.92. The van der Waals surface area contributed by atoms with E-state index >= 15 is 0 Å². The fraction of sp³-hybridized carbons (Fsp3) is 0.438. The van der Waals surface area contributed by atoms with Gasteiger partial charge in [-0.05, 0) is 25.0 Å². The molecule has 23 heavy (non-hydrogen) atoms. The van der Waals surface area contributed by atoms with Gasteiger partial charge in [-0.2, -0.15) is 0 Å². The molecule has 7 heteroatoms. The van der Waals surface area contributed by atoms with Gasteiger partial charge in [0.25, 0.3) is 5.69 Å². The van der Waals surface area contributed by atoms with Crippen molar-refractivity contribution >= 4 is 17.7 Å². The van der Waals surface area contributed by atoms with E-state index in [1.165, 1.54) is 24.3 Å². The van der Waals surface area contributed by atoms with E-state index in [1.807, 2.05) is 0 Å². The predicted molar refractivity (Wildman–Crippen MR) is 83.3 cm³/mol. The molecule has 0 aromatic heterocycles. The van der Waals surface area contributed by atoms with Crippen molar-refractivity contribution in [2.24, 2.45) is 0 Å². The van der Waals surface area contributed by atoms with Crippen LogP contribution in [-0.2, 0) is 4.79 Å². The molecule has 2 heterocycles. The van der Waals surface area contributed by atoms with Gasteiger partial charge in [-0.3, -0.25) is 14.9 Å². The number of ether oxygens (including phenoxy) is 2. The summed E-state index contributed by atoms with van der Waals surface area (Å²) in [6.45, 7) is 1.53. The van der Waals surface area contributed by atoms with Crippen LogP contribution in [0.25, 0.3) is 6.08 Å². The van der Waals surface area contributed by atoms with Gasteiger partial charge in [0.15, 0.2) is 11.5 Å². The molecule has 1 fully saturated rings. The highest BCUT2D eigenvalue weighted by Gasteiger charge is 2.22. The first-order valence-electron chi connectivity index (χ1n) is 7.70. The second kappa shape index (κ2) is 6.68. The Bertz CT molecular complexity index is 648. The number of nitro groups is 1. The van der Waals surface area contributed by atoms with Crippen molar-refractivity contribution in [3.8, 4) is 11.5 Å². The van der Waals surface area contributed by atoms with Gasteiger partial charge < -0.3 is 14.4 Å². The van der Waals surface area contributed by atoms with E-state index in [0.717, 1.165) is 38.8 Å². The molecule has 0 aliphatic carbocycles. The van der Waals surface area contributed by atoms with Gasteiger partial charge >= 0.3 is 0 Å². The van der Waals surface area contributed by atoms with Crippen LogP contribution < -0.4 is 9.47 Å². The third-order valence-electron chi connectivity index (χ3n) is 4.04. The summed E-state index contributed by atoms with van der Waals surface area (Å²) in [5.74, 6) is 0.698. The van der Waals surface area contributed by atoms with Crippen LogP contribution >= 0.6 is 0 Å². The summed E-state index contributed by atoms with van der Waals surface area (Å²) in [4.78, 5) is 24.8. The van der Waals surface area contributed by atoms with E-state index in [1.54, 1.807) is 4.90 Å². The zero-order valence-corrected chi connectivity index (χ0v) is 12.7. The van der Waals surface area contributed by atoms with E-state index in [4.69, 9.17) is 9.47 Å². The van der Waals surface area contributed by atoms with Gasteiger partial charge in [0.05, 0.1) is 16.6 Å². The largest absolute Gasteiger partial charge is 0.454 e. The SMILES string of the molecule is O=C(/C=C/c1cc2c(cc1[N+](=O)[O-])OCO2)N1CCCCCC1. The van der Waals surface area contributed by atoms with Crippen molar-refractivity contribution in [1.82, 2.24) is 4.90 Å². The number of fused-ring (bicyclic) bond motifs is 1. The Labute approximate surface area is 133 Å². The number of amides is 1. The first-order chi connectivity index (χ1) is 11.1. The zero-order chi connectivity index (χ0) is 16.2. The summed E-state index contributed by atoms with van der Waals surface area (Å²) in [5.41, 5.74) is 0.233. The molecule has 0 radical (unpaired) electrons. The third-order valence-corrected chi connectivity index (χ3v) is 4.04. The lowest BCUT2D eigenvalue weighted by molar-refractivity contribution is -0.385. The number of hydrogen-bond acceptors (Lipinski definition) is 5. The van der Waals surface area contributed by atoms with Crippen LogP contribution in [0, 0.1) is 10.1 Å². The average Bonchev–Trinajstić information content (AvgIpc) is 2.82. The first kappa shape index (κ1) is 15.3. The summed E-state index contributed by atoms with van der Waals surface area (Å²) in [6.07, 6.45) is 7.17. The molecule has 7 nitrogen and oxygen atoms in total. The van der Waals surface area contributed by atoms with Crippen LogP contribution in [0.3, 0.4) is 0 Å². The van der Waals surface area contributed by atoms with Gasteiger partial charge in [0.1, 0.15) is 0 Å². The van der Waals surface area contributed by atoms with E-state index in [9.17, 15) is 14.9 Å². The summed E-state index contributed by atoms with van der Waals surface area (Å²) < 4.78 is 10.4. The van der Waals surface area contributed by atoms with Crippen LogP contribution in [-0.4, -0.2) is 35.6 Å². The molecule has 0 saturated carbocycles. The van der Waals surface area contributed by atoms with Crippen LogP contribution in [0.1, 0.15) is 31.2 Å². The highest BCUT2D eigenvalue weighted by atomic mass is 16.7. The maximum atomic E-state index is 12.3. The molecule has 1 amide bonds. The highest BCUT2D eigenvalue weighted by Crippen LogP contribution is 2.38. The molecule has 0 bridgehead atoms. The number of hydrogen-bond donors (Lipinski definition) is 0. The smallest absolute Gasteiger partial charge is 0.280 e. The number of benzene rings is 1. The van der Waals surface area contributed by atoms with Crippen molar-refractivity contribution in [3.63, 3.8) is 0 Å². The first-order valence-corrected chi connectivity index (χ1v) is 7.70. The maximum absolute atomic E-state index is 12.3. The monoisotopic (exact) mass is 318 g/mol. The predicted octanol–water partition coefficient (Wildman–Crippen LogP) is 2.74. The van der Waals surface area contributed by atoms with Crippen LogP contribution in [0.4, 0.5) is 5.69 Å². The normalized spacial score (nSPS) is 17.3. The van der Waals surface area contributed by atoms with Crippen LogP contribution in [0.2, 0.25) is 0 Å². The van der Waals surface area contributed by atoms with Crippen LogP contribution in [0.5, 0.6) is 11.5 Å². The minimum atomic E-state index is -0.488. The second-order valence-electron chi connectivity index (χ2n) is 5.59. The maximum Gasteiger partial charge on any atom is 0.280 e. The number of nitro benzene ring substituents is 1. The molecule has 0 spiro atoms. The minimum absolute atomic E-state index is 0.0480. The molecule has 2 aliphatic heterocycles. The molecule has 0 unspecified atom stereocenters. The Balaban J connectivity index is 1.81. The quantitative estimate of drug-likeness (QED) is 0.486. The second-order valence-corrected chi connectivity index (χ2v) is 5.59. The van der Waals surface area contributed by atoms with Crippen molar-refractivity contribution in [3.05, 3.63) is 33.9 Å². The minimum Gasteiger partial charge on any atom is -0.454 e. The summed E-state index contributed by atoms with van der Waals surface area (Å²) in [7, 11) is 0. The zero-order valence-electron chi connectivity index (χ0n) is 12.7. The van der Waals surface area contributed by atoms with E-state index in [0.29, 0.717) is 17.1 Å². The molecule has 0 atom stereocenters. The Morgan fingerprint density at radius 1 is 1.13 bits per heavy atom. The lowest BCUT2D eigenvalue weighted by Crippen LogP contribution is -2.30. The Morgan fingerprint density at radius 2 is 1.78 bits per heavy atom. The molecule has 1 aromatic rings. The van der Waals surface area contributed by atoms with E-state index in [-0.39, 0.29) is 18.4 Å². The lowest BCUT2D eigenvalue weighted by Gasteiger charge is -2.17. The van der Waals surface area contributed by atoms with Crippen molar-refractivity contribution in [2.45, 2.75) is 25.7 Å².